The molecule has 1 fully saturated rings. The zero-order chi connectivity index (χ0) is 23.4. The van der Waals surface area contributed by atoms with Gasteiger partial charge in [0.1, 0.15) is 12.4 Å². The monoisotopic (exact) mass is 494 g/mol. The normalized spacial score (nSPS) is 14.6. The van der Waals surface area contributed by atoms with E-state index in [2.05, 4.69) is 5.43 Å². The highest BCUT2D eigenvalue weighted by Crippen LogP contribution is 2.32. The van der Waals surface area contributed by atoms with Crippen molar-refractivity contribution in [3.8, 4) is 5.75 Å². The second kappa shape index (κ2) is 10.2. The number of amides is 2. The highest BCUT2D eigenvalue weighted by atomic mass is 35.5. The molecule has 33 heavy (non-hydrogen) atoms. The molecular weight excluding hydrogens is 476 g/mol. The summed E-state index contributed by atoms with van der Waals surface area (Å²) >= 11 is 12.5. The molecule has 0 spiro atoms. The number of halogens is 1. The topological polar surface area (TPSA) is 58.6 Å². The van der Waals surface area contributed by atoms with Crippen LogP contribution in [0.15, 0.2) is 77.7 Å². The molecule has 1 heterocycles. The number of carbonyl (C=O) groups is 2. The van der Waals surface area contributed by atoms with E-state index in [0.29, 0.717) is 22.3 Å². The molecular formula is C25H19ClN2O3S2. The molecule has 8 heteroatoms. The number of hydrogen-bond acceptors (Lipinski definition) is 5. The van der Waals surface area contributed by atoms with E-state index in [1.165, 1.54) is 5.56 Å². The van der Waals surface area contributed by atoms with E-state index >= 15 is 0 Å². The third-order valence-electron chi connectivity index (χ3n) is 4.81. The first-order valence-electron chi connectivity index (χ1n) is 10.0. The maximum absolute atomic E-state index is 12.9. The van der Waals surface area contributed by atoms with E-state index in [1.54, 1.807) is 30.3 Å². The highest BCUT2D eigenvalue weighted by molar-refractivity contribution is 8.26. The third-order valence-corrected chi connectivity index (χ3v) is 6.44. The first-order valence-corrected chi connectivity index (χ1v) is 11.6. The van der Waals surface area contributed by atoms with Crippen molar-refractivity contribution >= 4 is 57.8 Å². The zero-order valence-corrected chi connectivity index (χ0v) is 20.0. The first-order chi connectivity index (χ1) is 15.9. The lowest BCUT2D eigenvalue weighted by Crippen LogP contribution is -2.44. The Morgan fingerprint density at radius 1 is 1.12 bits per heavy atom. The number of nitrogens with zero attached hydrogens (tertiary/aromatic N) is 1. The Morgan fingerprint density at radius 3 is 2.64 bits per heavy atom. The van der Waals surface area contributed by atoms with Gasteiger partial charge in [-0.2, -0.15) is 5.01 Å². The fourth-order valence-electron chi connectivity index (χ4n) is 3.07. The molecule has 3 aromatic carbocycles. The molecule has 4 rings (SSSR count). The molecule has 0 saturated carbocycles. The van der Waals surface area contributed by atoms with Crippen LogP contribution in [0.25, 0.3) is 6.08 Å². The molecule has 0 radical (unpaired) electrons. The van der Waals surface area contributed by atoms with Gasteiger partial charge < -0.3 is 4.74 Å². The summed E-state index contributed by atoms with van der Waals surface area (Å²) in [6, 6.07) is 22.2. The fourth-order valence-corrected chi connectivity index (χ4v) is 4.47. The number of rotatable bonds is 6. The van der Waals surface area contributed by atoms with Crippen molar-refractivity contribution < 1.29 is 14.3 Å². The summed E-state index contributed by atoms with van der Waals surface area (Å²) in [6.07, 6.45) is 1.72. The molecule has 0 unspecified atom stereocenters. The Morgan fingerprint density at radius 2 is 1.88 bits per heavy atom. The Kier molecular flexibility index (Phi) is 7.13. The van der Waals surface area contributed by atoms with Crippen molar-refractivity contribution in [1.82, 2.24) is 10.4 Å². The van der Waals surface area contributed by atoms with Crippen LogP contribution in [0.4, 0.5) is 0 Å². The molecule has 0 atom stereocenters. The number of benzene rings is 3. The number of thiocarbonyl (C=S) groups is 1. The third kappa shape index (κ3) is 5.63. The van der Waals surface area contributed by atoms with Gasteiger partial charge in [0.15, 0.2) is 4.32 Å². The van der Waals surface area contributed by atoms with E-state index in [4.69, 9.17) is 28.6 Å². The minimum atomic E-state index is -0.510. The summed E-state index contributed by atoms with van der Waals surface area (Å²) in [5, 5.41) is 1.35. The first kappa shape index (κ1) is 23.0. The lowest BCUT2D eigenvalue weighted by atomic mass is 10.1. The van der Waals surface area contributed by atoms with Crippen molar-refractivity contribution in [2.45, 2.75) is 13.5 Å². The molecule has 1 aliphatic heterocycles. The van der Waals surface area contributed by atoms with E-state index < -0.39 is 11.8 Å². The van der Waals surface area contributed by atoms with E-state index in [0.717, 1.165) is 27.9 Å². The van der Waals surface area contributed by atoms with Gasteiger partial charge >= 0.3 is 0 Å². The molecule has 0 aromatic heterocycles. The molecule has 3 aromatic rings. The molecule has 166 valence electrons. The minimum absolute atomic E-state index is 0.235. The van der Waals surface area contributed by atoms with Gasteiger partial charge in [0.2, 0.25) is 0 Å². The molecule has 0 bridgehead atoms. The zero-order valence-electron chi connectivity index (χ0n) is 17.6. The van der Waals surface area contributed by atoms with Crippen LogP contribution in [-0.2, 0) is 11.4 Å². The molecule has 2 amide bonds. The van der Waals surface area contributed by atoms with E-state index in [1.807, 2.05) is 55.5 Å². The van der Waals surface area contributed by atoms with Gasteiger partial charge in [0, 0.05) is 0 Å². The summed E-state index contributed by atoms with van der Waals surface area (Å²) in [6.45, 7) is 2.49. The maximum Gasteiger partial charge on any atom is 0.285 e. The van der Waals surface area contributed by atoms with Crippen LogP contribution >= 0.6 is 35.6 Å². The van der Waals surface area contributed by atoms with Gasteiger partial charge in [0.05, 0.1) is 15.5 Å². The average molecular weight is 495 g/mol. The van der Waals surface area contributed by atoms with Gasteiger partial charge in [-0.25, -0.2) is 0 Å². The van der Waals surface area contributed by atoms with Gasteiger partial charge in [0.25, 0.3) is 11.8 Å². The summed E-state index contributed by atoms with van der Waals surface area (Å²) in [7, 11) is 0. The molecule has 1 aliphatic rings. The van der Waals surface area contributed by atoms with Crippen LogP contribution in [0.1, 0.15) is 27.0 Å². The van der Waals surface area contributed by atoms with Gasteiger partial charge in [-0.3, -0.25) is 15.0 Å². The molecule has 1 saturated heterocycles. The average Bonchev–Trinajstić information content (AvgIpc) is 3.06. The van der Waals surface area contributed by atoms with Crippen LogP contribution in [0, 0.1) is 6.92 Å². The van der Waals surface area contributed by atoms with Crippen LogP contribution < -0.4 is 10.2 Å². The number of nitrogens with one attached hydrogen (secondary N) is 1. The smallest absolute Gasteiger partial charge is 0.285 e. The van der Waals surface area contributed by atoms with Crippen molar-refractivity contribution in [2.24, 2.45) is 0 Å². The minimum Gasteiger partial charge on any atom is -0.489 e. The Bertz CT molecular complexity index is 1260. The Hall–Kier alpha value is -3.13. The number of carbonyl (C=O) groups excluding carboxylic acids is 2. The number of aryl methyl sites for hydroxylation is 1. The predicted octanol–water partition coefficient (Wildman–Crippen LogP) is 5.77. The summed E-state index contributed by atoms with van der Waals surface area (Å²) < 4.78 is 6.13. The highest BCUT2D eigenvalue weighted by Gasteiger charge is 2.34. The SMILES string of the molecule is Cc1ccc(COc2cccc(/C=C3/SC(=S)N(NC(=O)c4ccccc4Cl)C3=O)c2)cc1. The summed E-state index contributed by atoms with van der Waals surface area (Å²) in [5.41, 5.74) is 5.85. The Labute approximate surface area is 206 Å². The maximum atomic E-state index is 12.9. The predicted molar refractivity (Wildman–Crippen MR) is 136 cm³/mol. The number of ether oxygens (including phenoxy) is 1. The van der Waals surface area contributed by atoms with E-state index in [9.17, 15) is 9.59 Å². The lowest BCUT2D eigenvalue weighted by molar-refractivity contribution is -0.123. The van der Waals surface area contributed by atoms with Crippen molar-refractivity contribution in [3.63, 3.8) is 0 Å². The van der Waals surface area contributed by atoms with Crippen molar-refractivity contribution in [1.29, 1.82) is 0 Å². The molecule has 0 aliphatic carbocycles. The van der Waals surface area contributed by atoms with Crippen LogP contribution in [-0.4, -0.2) is 21.1 Å². The van der Waals surface area contributed by atoms with Gasteiger partial charge in [-0.15, -0.1) is 0 Å². The molecule has 5 nitrogen and oxygen atoms in total. The standard InChI is InChI=1S/C25H19ClN2O3S2/c1-16-9-11-17(12-10-16)15-31-19-6-4-5-18(13-19)14-22-24(30)28(25(32)33-22)27-23(29)20-7-2-3-8-21(20)26/h2-14H,15H2,1H3,(H,27,29)/b22-14+. The Balaban J connectivity index is 1.44. The lowest BCUT2D eigenvalue weighted by Gasteiger charge is -2.16. The summed E-state index contributed by atoms with van der Waals surface area (Å²) in [4.78, 5) is 25.8. The van der Waals surface area contributed by atoms with Gasteiger partial charge in [-0.05, 0) is 60.6 Å². The van der Waals surface area contributed by atoms with Crippen molar-refractivity contribution in [3.05, 3.63) is 105 Å². The van der Waals surface area contributed by atoms with Gasteiger partial charge in [-0.1, -0.05) is 77.5 Å². The second-order valence-corrected chi connectivity index (χ2v) is 9.37. The fraction of sp³-hybridized carbons (Fsp3) is 0.0800. The van der Waals surface area contributed by atoms with Crippen LogP contribution in [0.2, 0.25) is 5.02 Å². The molecule has 1 N–H and O–H groups in total. The van der Waals surface area contributed by atoms with E-state index in [-0.39, 0.29) is 9.88 Å². The quantitative estimate of drug-likeness (QED) is 0.348. The van der Waals surface area contributed by atoms with Crippen molar-refractivity contribution in [2.75, 3.05) is 0 Å². The number of thioether (sulfide) groups is 1. The largest absolute Gasteiger partial charge is 0.489 e. The summed E-state index contributed by atoms with van der Waals surface area (Å²) in [5.74, 6) is -0.229. The number of hydrazine groups is 1. The van der Waals surface area contributed by atoms with Crippen LogP contribution in [0.5, 0.6) is 5.75 Å². The second-order valence-electron chi connectivity index (χ2n) is 7.28. The van der Waals surface area contributed by atoms with Crippen LogP contribution in [0.3, 0.4) is 0 Å². The number of hydrogen-bond donors (Lipinski definition) is 1.